The molecule has 0 radical (unpaired) electrons. The molecule has 4 nitrogen and oxygen atoms in total. The second-order valence-electron chi connectivity index (χ2n) is 6.64. The topological polar surface area (TPSA) is 45.3 Å². The van der Waals surface area contributed by atoms with Crippen molar-refractivity contribution >= 4 is 45.0 Å². The van der Waals surface area contributed by atoms with E-state index in [1.54, 1.807) is 18.2 Å². The van der Waals surface area contributed by atoms with Gasteiger partial charge in [0.05, 0.1) is 26.5 Å². The highest BCUT2D eigenvalue weighted by atomic mass is 35.5. The highest BCUT2D eigenvalue weighted by Gasteiger charge is 2.12. The summed E-state index contributed by atoms with van der Waals surface area (Å²) in [5, 5.41) is 1.60. The Hall–Kier alpha value is -1.75. The van der Waals surface area contributed by atoms with Crippen LogP contribution in [-0.2, 0) is 0 Å². The molecule has 1 N–H and O–H groups in total. The summed E-state index contributed by atoms with van der Waals surface area (Å²) < 4.78 is 5.90. The van der Waals surface area contributed by atoms with E-state index in [2.05, 4.69) is 23.7 Å². The molecule has 0 bridgehead atoms. The number of aromatic nitrogens is 1. The predicted molar refractivity (Wildman–Crippen MR) is 115 cm³/mol. The first kappa shape index (κ1) is 20.0. The van der Waals surface area contributed by atoms with Gasteiger partial charge in [-0.1, -0.05) is 37.0 Å². The van der Waals surface area contributed by atoms with Crippen LogP contribution in [0, 0.1) is 0 Å². The van der Waals surface area contributed by atoms with E-state index in [-0.39, 0.29) is 10.5 Å². The van der Waals surface area contributed by atoms with E-state index in [1.807, 2.05) is 12.1 Å². The number of hydrogen-bond donors (Lipinski definition) is 1. The number of H-pyrrole nitrogens is 1. The molecule has 0 aliphatic rings. The fourth-order valence-electron chi connectivity index (χ4n) is 3.33. The molecule has 0 saturated heterocycles. The second-order valence-corrected chi connectivity index (χ2v) is 7.42. The van der Waals surface area contributed by atoms with Crippen molar-refractivity contribution < 1.29 is 4.74 Å². The zero-order valence-electron chi connectivity index (χ0n) is 15.6. The lowest BCUT2D eigenvalue weighted by molar-refractivity contribution is 0.209. The summed E-state index contributed by atoms with van der Waals surface area (Å²) in [4.78, 5) is 18.6. The number of aromatic amines is 1. The number of ether oxygens (including phenoxy) is 1. The van der Waals surface area contributed by atoms with Gasteiger partial charge in [-0.2, -0.15) is 0 Å². The highest BCUT2D eigenvalue weighted by Crippen LogP contribution is 2.29. The van der Waals surface area contributed by atoms with Crippen LogP contribution in [0.25, 0.3) is 21.8 Å². The first-order chi connectivity index (χ1) is 13.0. The molecular formula is C21H24Cl2N2O2. The van der Waals surface area contributed by atoms with E-state index < -0.39 is 0 Å². The zero-order chi connectivity index (χ0) is 19.4. The molecule has 1 aromatic heterocycles. The van der Waals surface area contributed by atoms with Crippen molar-refractivity contribution in [3.05, 3.63) is 50.6 Å². The molecule has 0 amide bonds. The quantitative estimate of drug-likeness (QED) is 0.503. The summed E-state index contributed by atoms with van der Waals surface area (Å²) in [6, 6.07) is 8.97. The van der Waals surface area contributed by atoms with Crippen molar-refractivity contribution in [2.75, 3.05) is 26.2 Å². The SMILES string of the molecule is CCCN(CCC)CCOc1ccc2[nH]c3ccc(Cl)c(Cl)c3c(=O)c2c1. The Morgan fingerprint density at radius 3 is 2.41 bits per heavy atom. The fourth-order valence-corrected chi connectivity index (χ4v) is 3.74. The summed E-state index contributed by atoms with van der Waals surface area (Å²) in [5.74, 6) is 0.679. The molecule has 1 heterocycles. The maximum atomic E-state index is 12.9. The van der Waals surface area contributed by atoms with Crippen LogP contribution in [0.4, 0.5) is 0 Å². The number of benzene rings is 2. The third kappa shape index (κ3) is 4.40. The number of fused-ring (bicyclic) bond motifs is 2. The minimum atomic E-state index is -0.143. The van der Waals surface area contributed by atoms with Crippen LogP contribution in [0.1, 0.15) is 26.7 Å². The number of pyridine rings is 1. The molecule has 0 saturated carbocycles. The molecule has 27 heavy (non-hydrogen) atoms. The van der Waals surface area contributed by atoms with Gasteiger partial charge < -0.3 is 9.72 Å². The molecule has 0 fully saturated rings. The minimum absolute atomic E-state index is 0.143. The summed E-state index contributed by atoms with van der Waals surface area (Å²) in [6.45, 7) is 7.96. The standard InChI is InChI=1S/C21H24Cl2N2O2/c1-3-9-25(10-4-2)11-12-27-14-5-7-17-15(13-14)21(26)19-18(24-17)8-6-16(22)20(19)23/h5-8,13H,3-4,9-12H2,1-2H3,(H,24,26). The molecule has 0 unspecified atom stereocenters. The van der Waals surface area contributed by atoms with Gasteiger partial charge in [-0.05, 0) is 56.3 Å². The number of nitrogens with zero attached hydrogens (tertiary/aromatic N) is 1. The Bertz CT molecular complexity index is 995. The van der Waals surface area contributed by atoms with Crippen LogP contribution >= 0.6 is 23.2 Å². The number of rotatable bonds is 8. The van der Waals surface area contributed by atoms with Crippen LogP contribution in [0.2, 0.25) is 10.0 Å². The van der Waals surface area contributed by atoms with Crippen molar-refractivity contribution in [2.24, 2.45) is 0 Å². The summed E-state index contributed by atoms with van der Waals surface area (Å²) in [5.41, 5.74) is 1.28. The molecule has 6 heteroatoms. The Morgan fingerprint density at radius 2 is 1.70 bits per heavy atom. The van der Waals surface area contributed by atoms with Crippen molar-refractivity contribution in [2.45, 2.75) is 26.7 Å². The Labute approximate surface area is 169 Å². The molecule has 2 aromatic carbocycles. The van der Waals surface area contributed by atoms with Crippen molar-refractivity contribution in [3.8, 4) is 5.75 Å². The van der Waals surface area contributed by atoms with Crippen molar-refractivity contribution in [1.82, 2.24) is 9.88 Å². The second kappa shape index (κ2) is 8.96. The van der Waals surface area contributed by atoms with Crippen LogP contribution in [0.3, 0.4) is 0 Å². The first-order valence-corrected chi connectivity index (χ1v) is 10.1. The van der Waals surface area contributed by atoms with Gasteiger partial charge in [0, 0.05) is 11.9 Å². The minimum Gasteiger partial charge on any atom is -0.492 e. The Kier molecular flexibility index (Phi) is 6.64. The fraction of sp³-hybridized carbons (Fsp3) is 0.381. The molecule has 3 rings (SSSR count). The lowest BCUT2D eigenvalue weighted by Crippen LogP contribution is -2.30. The van der Waals surface area contributed by atoms with Crippen molar-refractivity contribution in [3.63, 3.8) is 0 Å². The van der Waals surface area contributed by atoms with E-state index in [4.69, 9.17) is 27.9 Å². The van der Waals surface area contributed by atoms with Crippen LogP contribution in [0.15, 0.2) is 35.1 Å². The third-order valence-electron chi connectivity index (χ3n) is 4.58. The molecule has 3 aromatic rings. The van der Waals surface area contributed by atoms with Gasteiger partial charge in [-0.25, -0.2) is 0 Å². The maximum Gasteiger partial charge on any atom is 0.198 e. The van der Waals surface area contributed by atoms with Crippen LogP contribution < -0.4 is 10.2 Å². The van der Waals surface area contributed by atoms with Gasteiger partial charge in [-0.15, -0.1) is 0 Å². The van der Waals surface area contributed by atoms with E-state index in [0.717, 1.165) is 38.0 Å². The van der Waals surface area contributed by atoms with Gasteiger partial charge in [0.2, 0.25) is 0 Å². The van der Waals surface area contributed by atoms with Gasteiger partial charge >= 0.3 is 0 Å². The van der Waals surface area contributed by atoms with Gasteiger partial charge in [-0.3, -0.25) is 9.69 Å². The highest BCUT2D eigenvalue weighted by molar-refractivity contribution is 6.45. The summed E-state index contributed by atoms with van der Waals surface area (Å²) in [6.07, 6.45) is 2.25. The predicted octanol–water partition coefficient (Wildman–Crippen LogP) is 5.49. The lowest BCUT2D eigenvalue weighted by atomic mass is 10.1. The third-order valence-corrected chi connectivity index (χ3v) is 5.39. The average molecular weight is 407 g/mol. The van der Waals surface area contributed by atoms with Gasteiger partial charge in [0.15, 0.2) is 5.43 Å². The number of halogens is 2. The van der Waals surface area contributed by atoms with Gasteiger partial charge in [0.1, 0.15) is 12.4 Å². The van der Waals surface area contributed by atoms with Crippen LogP contribution in [-0.4, -0.2) is 36.1 Å². The molecule has 0 spiro atoms. The summed E-state index contributed by atoms with van der Waals surface area (Å²) >= 11 is 12.3. The van der Waals surface area contributed by atoms with E-state index in [1.165, 1.54) is 0 Å². The average Bonchev–Trinajstić information content (AvgIpc) is 2.65. The molecular weight excluding hydrogens is 383 g/mol. The number of hydrogen-bond acceptors (Lipinski definition) is 3. The normalized spacial score (nSPS) is 11.6. The van der Waals surface area contributed by atoms with E-state index in [9.17, 15) is 4.79 Å². The monoisotopic (exact) mass is 406 g/mol. The number of nitrogens with one attached hydrogen (secondary N) is 1. The van der Waals surface area contributed by atoms with Crippen molar-refractivity contribution in [1.29, 1.82) is 0 Å². The Morgan fingerprint density at radius 1 is 1.00 bits per heavy atom. The largest absolute Gasteiger partial charge is 0.492 e. The van der Waals surface area contributed by atoms with E-state index in [0.29, 0.717) is 33.7 Å². The first-order valence-electron chi connectivity index (χ1n) is 9.34. The Balaban J connectivity index is 1.86. The van der Waals surface area contributed by atoms with Gasteiger partial charge in [0.25, 0.3) is 0 Å². The zero-order valence-corrected chi connectivity index (χ0v) is 17.2. The molecule has 0 aliphatic carbocycles. The molecule has 0 aliphatic heterocycles. The molecule has 144 valence electrons. The van der Waals surface area contributed by atoms with E-state index >= 15 is 0 Å². The lowest BCUT2D eigenvalue weighted by Gasteiger charge is -2.20. The smallest absolute Gasteiger partial charge is 0.198 e. The maximum absolute atomic E-state index is 12.9. The molecule has 0 atom stereocenters. The van der Waals surface area contributed by atoms with Crippen LogP contribution in [0.5, 0.6) is 5.75 Å². The summed E-state index contributed by atoms with van der Waals surface area (Å²) in [7, 11) is 0.